The number of benzene rings is 1. The van der Waals surface area contributed by atoms with Crippen molar-refractivity contribution in [3.8, 4) is 11.5 Å². The van der Waals surface area contributed by atoms with Gasteiger partial charge in [0.2, 0.25) is 11.7 Å². The summed E-state index contributed by atoms with van der Waals surface area (Å²) in [6.07, 6.45) is 1.69. The molecule has 0 fully saturated rings. The van der Waals surface area contributed by atoms with Gasteiger partial charge in [0.1, 0.15) is 5.69 Å². The molecule has 0 amide bonds. The molecule has 0 atom stereocenters. The number of nitrogens with one attached hydrogen (secondary N) is 1. The van der Waals surface area contributed by atoms with E-state index in [2.05, 4.69) is 36.4 Å². The van der Waals surface area contributed by atoms with Gasteiger partial charge in [-0.2, -0.15) is 4.98 Å². The first kappa shape index (κ1) is 14.0. The molecule has 3 rings (SSSR count). The second-order valence-electron chi connectivity index (χ2n) is 4.23. The van der Waals surface area contributed by atoms with Crippen molar-refractivity contribution in [2.24, 2.45) is 0 Å². The monoisotopic (exact) mass is 364 g/mol. The molecule has 1 aromatic carbocycles. The molecular formula is C14H10BrClN4O. The lowest BCUT2D eigenvalue weighted by Gasteiger charge is -2.02. The van der Waals surface area contributed by atoms with Crippen LogP contribution in [0.5, 0.6) is 0 Å². The first-order chi connectivity index (χ1) is 10.2. The van der Waals surface area contributed by atoms with Crippen molar-refractivity contribution < 1.29 is 4.52 Å². The summed E-state index contributed by atoms with van der Waals surface area (Å²) < 4.78 is 6.10. The van der Waals surface area contributed by atoms with Crippen LogP contribution < -0.4 is 5.32 Å². The zero-order chi connectivity index (χ0) is 14.7. The van der Waals surface area contributed by atoms with Crippen LogP contribution in [0.4, 0.5) is 5.69 Å². The van der Waals surface area contributed by atoms with E-state index in [1.807, 2.05) is 36.4 Å². The van der Waals surface area contributed by atoms with E-state index in [-0.39, 0.29) is 0 Å². The Labute approximate surface area is 134 Å². The summed E-state index contributed by atoms with van der Waals surface area (Å²) in [7, 11) is 0. The minimum absolute atomic E-state index is 0.436. The standard InChI is InChI=1S/C14H10BrClN4O/c15-9-1-6-12(18-7-9)14-19-13(21-20-14)8-17-11-4-2-10(16)3-5-11/h1-7,17H,8H2. The molecule has 3 aromatic rings. The molecule has 106 valence electrons. The predicted octanol–water partition coefficient (Wildman–Crippen LogP) is 4.16. The SMILES string of the molecule is Clc1ccc(NCc2nc(-c3ccc(Br)cn3)no2)cc1. The Morgan fingerprint density at radius 2 is 1.95 bits per heavy atom. The van der Waals surface area contributed by atoms with Gasteiger partial charge in [-0.1, -0.05) is 16.8 Å². The van der Waals surface area contributed by atoms with Crippen LogP contribution in [0, 0.1) is 0 Å². The van der Waals surface area contributed by atoms with Crippen LogP contribution in [-0.2, 0) is 6.54 Å². The summed E-state index contributed by atoms with van der Waals surface area (Å²) >= 11 is 9.16. The topological polar surface area (TPSA) is 63.8 Å². The fourth-order valence-corrected chi connectivity index (χ4v) is 2.04. The maximum absolute atomic E-state index is 5.83. The zero-order valence-corrected chi connectivity index (χ0v) is 13.1. The highest BCUT2D eigenvalue weighted by atomic mass is 79.9. The molecule has 0 aliphatic rings. The van der Waals surface area contributed by atoms with Crippen molar-refractivity contribution in [2.45, 2.75) is 6.54 Å². The number of halogens is 2. The fraction of sp³-hybridized carbons (Fsp3) is 0.0714. The average Bonchev–Trinajstić information content (AvgIpc) is 2.96. The molecular weight excluding hydrogens is 356 g/mol. The third-order valence-electron chi connectivity index (χ3n) is 2.71. The molecule has 0 aliphatic heterocycles. The summed E-state index contributed by atoms with van der Waals surface area (Å²) in [5.41, 5.74) is 1.60. The van der Waals surface area contributed by atoms with Gasteiger partial charge in [-0.15, -0.1) is 0 Å². The normalized spacial score (nSPS) is 10.6. The van der Waals surface area contributed by atoms with Crippen LogP contribution in [-0.4, -0.2) is 15.1 Å². The molecule has 0 saturated carbocycles. The molecule has 2 heterocycles. The van der Waals surface area contributed by atoms with E-state index in [9.17, 15) is 0 Å². The Bertz CT molecular complexity index is 727. The number of pyridine rings is 1. The lowest BCUT2D eigenvalue weighted by molar-refractivity contribution is 0.384. The highest BCUT2D eigenvalue weighted by molar-refractivity contribution is 9.10. The molecule has 0 bridgehead atoms. The minimum Gasteiger partial charge on any atom is -0.376 e. The summed E-state index contributed by atoms with van der Waals surface area (Å²) in [6.45, 7) is 0.436. The van der Waals surface area contributed by atoms with Gasteiger partial charge in [-0.3, -0.25) is 4.98 Å². The van der Waals surface area contributed by atoms with Gasteiger partial charge < -0.3 is 9.84 Å². The molecule has 0 aliphatic carbocycles. The number of aromatic nitrogens is 3. The largest absolute Gasteiger partial charge is 0.376 e. The Balaban J connectivity index is 1.67. The molecule has 1 N–H and O–H groups in total. The van der Waals surface area contributed by atoms with Crippen LogP contribution in [0.25, 0.3) is 11.5 Å². The van der Waals surface area contributed by atoms with Crippen molar-refractivity contribution in [1.29, 1.82) is 0 Å². The van der Waals surface area contributed by atoms with Gasteiger partial charge in [-0.25, -0.2) is 0 Å². The third-order valence-corrected chi connectivity index (χ3v) is 3.43. The lowest BCUT2D eigenvalue weighted by Crippen LogP contribution is -1.99. The Morgan fingerprint density at radius 3 is 2.67 bits per heavy atom. The van der Waals surface area contributed by atoms with Gasteiger partial charge in [0.25, 0.3) is 0 Å². The van der Waals surface area contributed by atoms with Crippen LogP contribution in [0.3, 0.4) is 0 Å². The smallest absolute Gasteiger partial charge is 0.246 e. The number of hydrogen-bond donors (Lipinski definition) is 1. The van der Waals surface area contributed by atoms with E-state index < -0.39 is 0 Å². The fourth-order valence-electron chi connectivity index (χ4n) is 1.68. The molecule has 2 aromatic heterocycles. The number of hydrogen-bond acceptors (Lipinski definition) is 5. The van der Waals surface area contributed by atoms with Gasteiger partial charge in [0.15, 0.2) is 0 Å². The molecule has 5 nitrogen and oxygen atoms in total. The van der Waals surface area contributed by atoms with Crippen LogP contribution in [0.1, 0.15) is 5.89 Å². The van der Waals surface area contributed by atoms with Gasteiger partial charge in [0.05, 0.1) is 6.54 Å². The Hall–Kier alpha value is -1.92. The maximum atomic E-state index is 5.83. The van der Waals surface area contributed by atoms with E-state index in [0.717, 1.165) is 10.2 Å². The molecule has 0 spiro atoms. The number of rotatable bonds is 4. The molecule has 0 saturated heterocycles. The maximum Gasteiger partial charge on any atom is 0.246 e. The predicted molar refractivity (Wildman–Crippen MR) is 84.0 cm³/mol. The van der Waals surface area contributed by atoms with Crippen molar-refractivity contribution in [3.05, 3.63) is 58.0 Å². The van der Waals surface area contributed by atoms with Crippen LogP contribution >= 0.6 is 27.5 Å². The molecule has 0 radical (unpaired) electrons. The molecule has 0 unspecified atom stereocenters. The second kappa shape index (κ2) is 6.24. The average molecular weight is 366 g/mol. The first-order valence-electron chi connectivity index (χ1n) is 6.15. The zero-order valence-electron chi connectivity index (χ0n) is 10.8. The first-order valence-corrected chi connectivity index (χ1v) is 7.32. The highest BCUT2D eigenvalue weighted by Gasteiger charge is 2.09. The summed E-state index contributed by atoms with van der Waals surface area (Å²) in [5, 5.41) is 7.79. The van der Waals surface area contributed by atoms with Crippen molar-refractivity contribution in [1.82, 2.24) is 15.1 Å². The molecule has 21 heavy (non-hydrogen) atoms. The quantitative estimate of drug-likeness (QED) is 0.752. The number of anilines is 1. The van der Waals surface area contributed by atoms with E-state index in [1.54, 1.807) is 6.20 Å². The van der Waals surface area contributed by atoms with Crippen molar-refractivity contribution in [3.63, 3.8) is 0 Å². The Morgan fingerprint density at radius 1 is 1.14 bits per heavy atom. The van der Waals surface area contributed by atoms with E-state index >= 15 is 0 Å². The van der Waals surface area contributed by atoms with Crippen molar-refractivity contribution in [2.75, 3.05) is 5.32 Å². The van der Waals surface area contributed by atoms with Gasteiger partial charge in [0, 0.05) is 21.4 Å². The summed E-state index contributed by atoms with van der Waals surface area (Å²) in [6, 6.07) is 11.1. The van der Waals surface area contributed by atoms with Crippen LogP contribution in [0.15, 0.2) is 51.6 Å². The van der Waals surface area contributed by atoms with Crippen molar-refractivity contribution >= 4 is 33.2 Å². The Kier molecular flexibility index (Phi) is 4.17. The second-order valence-corrected chi connectivity index (χ2v) is 5.59. The lowest BCUT2D eigenvalue weighted by atomic mass is 10.3. The van der Waals surface area contributed by atoms with Gasteiger partial charge >= 0.3 is 0 Å². The summed E-state index contributed by atoms with van der Waals surface area (Å²) in [4.78, 5) is 8.52. The van der Waals surface area contributed by atoms with E-state index in [0.29, 0.717) is 29.0 Å². The van der Waals surface area contributed by atoms with E-state index in [4.69, 9.17) is 16.1 Å². The summed E-state index contributed by atoms with van der Waals surface area (Å²) in [5.74, 6) is 0.958. The number of nitrogens with zero attached hydrogens (tertiary/aromatic N) is 3. The van der Waals surface area contributed by atoms with Crippen LogP contribution in [0.2, 0.25) is 5.02 Å². The minimum atomic E-state index is 0.436. The highest BCUT2D eigenvalue weighted by Crippen LogP contribution is 2.17. The third kappa shape index (κ3) is 3.59. The van der Waals surface area contributed by atoms with E-state index in [1.165, 1.54) is 0 Å². The molecule has 7 heteroatoms. The van der Waals surface area contributed by atoms with Gasteiger partial charge in [-0.05, 0) is 52.3 Å².